The number of aliphatic hydroxyl groups excluding tert-OH is 1. The van der Waals surface area contributed by atoms with Crippen molar-refractivity contribution in [3.63, 3.8) is 0 Å². The van der Waals surface area contributed by atoms with Crippen LogP contribution in [0.1, 0.15) is 19.5 Å². The molecule has 1 aromatic heterocycles. The van der Waals surface area contributed by atoms with Gasteiger partial charge in [0.2, 0.25) is 0 Å². The first-order chi connectivity index (χ1) is 9.31. The van der Waals surface area contributed by atoms with Crippen molar-refractivity contribution < 1.29 is 19.8 Å². The number of aliphatic hydroxyl groups is 1. The molecule has 112 valence electrons. The Labute approximate surface area is 120 Å². The summed E-state index contributed by atoms with van der Waals surface area (Å²) in [7, 11) is 0. The minimum absolute atomic E-state index is 0.0503. The van der Waals surface area contributed by atoms with Gasteiger partial charge in [0.1, 0.15) is 17.3 Å². The van der Waals surface area contributed by atoms with Gasteiger partial charge < -0.3 is 20.9 Å². The summed E-state index contributed by atoms with van der Waals surface area (Å²) in [6, 6.07) is -1.65. The van der Waals surface area contributed by atoms with Crippen molar-refractivity contribution in [3.8, 4) is 0 Å². The fraction of sp³-hybridized carbons (Fsp3) is 0.545. The summed E-state index contributed by atoms with van der Waals surface area (Å²) in [6.45, 7) is 2.96. The number of aromatic amines is 1. The van der Waals surface area contributed by atoms with Crippen LogP contribution in [0.3, 0.4) is 0 Å². The molecule has 1 rings (SSSR count). The van der Waals surface area contributed by atoms with Gasteiger partial charge in [-0.25, -0.2) is 4.98 Å². The number of nitrogens with one attached hydrogen (secondary N) is 2. The average Bonchev–Trinajstić information content (AvgIpc) is 2.74. The predicted molar refractivity (Wildman–Crippen MR) is 73.0 cm³/mol. The number of hydrogen-bond acceptors (Lipinski definition) is 7. The van der Waals surface area contributed by atoms with Gasteiger partial charge in [0.25, 0.3) is 0 Å². The van der Waals surface area contributed by atoms with Gasteiger partial charge in [0.15, 0.2) is 5.12 Å². The second-order valence-corrected chi connectivity index (χ2v) is 5.51. The zero-order valence-corrected chi connectivity index (χ0v) is 12.0. The van der Waals surface area contributed by atoms with Crippen LogP contribution in [-0.2, 0) is 16.0 Å². The van der Waals surface area contributed by atoms with E-state index in [1.807, 2.05) is 0 Å². The Bertz CT molecular complexity index is 477. The molecule has 0 aromatic carbocycles. The van der Waals surface area contributed by atoms with Crippen molar-refractivity contribution >= 4 is 22.8 Å². The van der Waals surface area contributed by atoms with Crippen molar-refractivity contribution in [1.82, 2.24) is 15.3 Å². The SMILES string of the molecule is CC(=O)Sc1nc[nH]c1CC(NC(O)C(C)N)C(=O)O. The first-order valence-electron chi connectivity index (χ1n) is 5.94. The normalized spacial score (nSPS) is 15.6. The van der Waals surface area contributed by atoms with Crippen molar-refractivity contribution in [3.05, 3.63) is 12.0 Å². The number of thioether (sulfide) groups is 1. The maximum absolute atomic E-state index is 11.2. The Morgan fingerprint density at radius 2 is 2.25 bits per heavy atom. The summed E-state index contributed by atoms with van der Waals surface area (Å²) in [4.78, 5) is 29.0. The molecule has 0 radical (unpaired) electrons. The third-order valence-corrected chi connectivity index (χ3v) is 3.33. The lowest BCUT2D eigenvalue weighted by atomic mass is 10.1. The molecule has 0 aliphatic carbocycles. The number of nitrogens with zero attached hydrogens (tertiary/aromatic N) is 1. The van der Waals surface area contributed by atoms with Crippen molar-refractivity contribution in [1.29, 1.82) is 0 Å². The molecule has 0 aliphatic heterocycles. The van der Waals surface area contributed by atoms with E-state index in [-0.39, 0.29) is 11.5 Å². The fourth-order valence-corrected chi connectivity index (χ4v) is 2.10. The van der Waals surface area contributed by atoms with Gasteiger partial charge in [-0.15, -0.1) is 0 Å². The highest BCUT2D eigenvalue weighted by Gasteiger charge is 2.24. The van der Waals surface area contributed by atoms with Gasteiger partial charge >= 0.3 is 5.97 Å². The number of H-pyrrole nitrogens is 1. The minimum atomic E-state index is -1.14. The number of nitrogens with two attached hydrogens (primary N) is 1. The van der Waals surface area contributed by atoms with Crippen LogP contribution in [0.15, 0.2) is 11.4 Å². The summed E-state index contributed by atoms with van der Waals surface area (Å²) < 4.78 is 0. The van der Waals surface area contributed by atoms with Crippen LogP contribution in [0.4, 0.5) is 0 Å². The summed E-state index contributed by atoms with van der Waals surface area (Å²) >= 11 is 0.921. The molecule has 20 heavy (non-hydrogen) atoms. The summed E-state index contributed by atoms with van der Waals surface area (Å²) in [5.41, 5.74) is 5.99. The van der Waals surface area contributed by atoms with Crippen LogP contribution >= 0.6 is 11.8 Å². The molecule has 9 heteroatoms. The topological polar surface area (TPSA) is 141 Å². The number of imidazole rings is 1. The molecule has 8 nitrogen and oxygen atoms in total. The minimum Gasteiger partial charge on any atom is -0.480 e. The van der Waals surface area contributed by atoms with E-state index < -0.39 is 24.3 Å². The quantitative estimate of drug-likeness (QED) is 0.329. The van der Waals surface area contributed by atoms with E-state index in [0.717, 1.165) is 11.8 Å². The molecule has 3 unspecified atom stereocenters. The highest BCUT2D eigenvalue weighted by atomic mass is 32.2. The zero-order valence-electron chi connectivity index (χ0n) is 11.2. The third kappa shape index (κ3) is 4.93. The average molecular weight is 302 g/mol. The van der Waals surface area contributed by atoms with Crippen molar-refractivity contribution in [2.75, 3.05) is 0 Å². The molecule has 6 N–H and O–H groups in total. The Morgan fingerprint density at radius 1 is 1.60 bits per heavy atom. The van der Waals surface area contributed by atoms with Gasteiger partial charge in [-0.3, -0.25) is 14.9 Å². The summed E-state index contributed by atoms with van der Waals surface area (Å²) in [5.74, 6) is -1.13. The first kappa shape index (κ1) is 16.6. The third-order valence-electron chi connectivity index (χ3n) is 2.50. The zero-order chi connectivity index (χ0) is 15.3. The number of carboxylic acids is 1. The van der Waals surface area contributed by atoms with E-state index in [1.54, 1.807) is 6.92 Å². The van der Waals surface area contributed by atoms with Gasteiger partial charge in [0.05, 0.1) is 12.0 Å². The van der Waals surface area contributed by atoms with Crippen LogP contribution in [0.5, 0.6) is 0 Å². The molecular weight excluding hydrogens is 284 g/mol. The lowest BCUT2D eigenvalue weighted by Gasteiger charge is -2.21. The molecule has 0 saturated carbocycles. The van der Waals surface area contributed by atoms with Crippen LogP contribution in [0.2, 0.25) is 0 Å². The Morgan fingerprint density at radius 3 is 2.75 bits per heavy atom. The Balaban J connectivity index is 2.78. The van der Waals surface area contributed by atoms with Gasteiger partial charge in [-0.2, -0.15) is 0 Å². The monoisotopic (exact) mass is 302 g/mol. The van der Waals surface area contributed by atoms with Crippen LogP contribution in [0.25, 0.3) is 0 Å². The molecule has 1 heterocycles. The Hall–Kier alpha value is -1.42. The van der Waals surface area contributed by atoms with Gasteiger partial charge in [-0.05, 0) is 18.7 Å². The molecule has 3 atom stereocenters. The molecule has 0 amide bonds. The van der Waals surface area contributed by atoms with Crippen LogP contribution in [0, 0.1) is 0 Å². The predicted octanol–water partition coefficient (Wildman–Crippen LogP) is -0.701. The van der Waals surface area contributed by atoms with E-state index in [1.165, 1.54) is 13.3 Å². The number of hydrogen-bond donors (Lipinski definition) is 5. The van der Waals surface area contributed by atoms with Gasteiger partial charge in [-0.1, -0.05) is 0 Å². The maximum Gasteiger partial charge on any atom is 0.321 e. The molecule has 0 spiro atoms. The standard InChI is InChI=1S/C11H18N4O4S/c1-5(12)9(17)15-8(11(18)19)3-7-10(14-4-13-7)20-6(2)16/h4-5,8-9,15,17H,3,12H2,1-2H3,(H,13,14)(H,18,19). The van der Waals surface area contributed by atoms with E-state index in [9.17, 15) is 14.7 Å². The first-order valence-corrected chi connectivity index (χ1v) is 6.76. The number of aromatic nitrogens is 2. The van der Waals surface area contributed by atoms with E-state index in [4.69, 9.17) is 10.8 Å². The number of carboxylic acid groups (broad SMARTS) is 1. The maximum atomic E-state index is 11.2. The fourth-order valence-electron chi connectivity index (χ4n) is 1.46. The summed E-state index contributed by atoms with van der Waals surface area (Å²) in [6.07, 6.45) is 0.305. The van der Waals surface area contributed by atoms with E-state index >= 15 is 0 Å². The molecule has 1 aromatic rings. The largest absolute Gasteiger partial charge is 0.480 e. The molecular formula is C11H18N4O4S. The number of carbonyl (C=O) groups excluding carboxylic acids is 1. The van der Waals surface area contributed by atoms with E-state index in [2.05, 4.69) is 15.3 Å². The van der Waals surface area contributed by atoms with Crippen LogP contribution in [-0.4, -0.2) is 49.6 Å². The smallest absolute Gasteiger partial charge is 0.321 e. The molecule has 0 aliphatic rings. The van der Waals surface area contributed by atoms with Crippen molar-refractivity contribution in [2.24, 2.45) is 5.73 Å². The van der Waals surface area contributed by atoms with Gasteiger partial charge in [0, 0.05) is 19.4 Å². The number of rotatable bonds is 7. The molecule has 0 saturated heterocycles. The molecule has 0 fully saturated rings. The number of aliphatic carboxylic acids is 1. The van der Waals surface area contributed by atoms with Crippen LogP contribution < -0.4 is 11.1 Å². The molecule has 0 bridgehead atoms. The lowest BCUT2D eigenvalue weighted by molar-refractivity contribution is -0.140. The second-order valence-electron chi connectivity index (χ2n) is 4.35. The number of carbonyl (C=O) groups is 2. The second kappa shape index (κ2) is 7.39. The highest BCUT2D eigenvalue weighted by molar-refractivity contribution is 8.13. The summed E-state index contributed by atoms with van der Waals surface area (Å²) in [5, 5.41) is 21.6. The van der Waals surface area contributed by atoms with E-state index in [0.29, 0.717) is 10.7 Å². The Kier molecular flexibility index (Phi) is 6.14. The highest BCUT2D eigenvalue weighted by Crippen LogP contribution is 2.20. The van der Waals surface area contributed by atoms with Crippen molar-refractivity contribution in [2.45, 2.75) is 43.6 Å². The lowest BCUT2D eigenvalue weighted by Crippen LogP contribution is -2.51.